The van der Waals surface area contributed by atoms with Gasteiger partial charge in [-0.3, -0.25) is 0 Å². The molecule has 86 valence electrons. The van der Waals surface area contributed by atoms with Crippen molar-refractivity contribution in [3.05, 3.63) is 0 Å². The molecule has 0 aromatic heterocycles. The Kier molecular flexibility index (Phi) is 4.64. The number of nitrogens with one attached hydrogen (secondary N) is 1. The summed E-state index contributed by atoms with van der Waals surface area (Å²) >= 11 is 0. The van der Waals surface area contributed by atoms with E-state index in [1.165, 1.54) is 6.42 Å². The zero-order chi connectivity index (χ0) is 11.6. The predicted octanol–water partition coefficient (Wildman–Crippen LogP) is 3.69. The number of hydrogen-bond acceptors (Lipinski definition) is 1. The van der Waals surface area contributed by atoms with Crippen molar-refractivity contribution in [3.63, 3.8) is 0 Å². The minimum Gasteiger partial charge on any atom is -0.314 e. The molecular formula is C13H29N. The van der Waals surface area contributed by atoms with Crippen molar-refractivity contribution >= 4 is 0 Å². The summed E-state index contributed by atoms with van der Waals surface area (Å²) in [6.07, 6.45) is 1.28. The molecule has 0 amide bonds. The lowest BCUT2D eigenvalue weighted by molar-refractivity contribution is 0.116. The Balaban J connectivity index is 4.48. The van der Waals surface area contributed by atoms with E-state index < -0.39 is 0 Å². The zero-order valence-electron chi connectivity index (χ0n) is 11.4. The lowest BCUT2D eigenvalue weighted by Crippen LogP contribution is -2.50. The lowest BCUT2D eigenvalue weighted by Gasteiger charge is -2.44. The molecule has 0 bridgehead atoms. The standard InChI is InChI=1S/C13H29N/c1-10(2)11(3)9-12(4,5)13(6,7)14-8/h10-11,14H,9H2,1-8H3. The average molecular weight is 199 g/mol. The lowest BCUT2D eigenvalue weighted by atomic mass is 9.68. The van der Waals surface area contributed by atoms with Gasteiger partial charge in [0, 0.05) is 5.54 Å². The van der Waals surface area contributed by atoms with Crippen LogP contribution in [0.4, 0.5) is 0 Å². The molecular weight excluding hydrogens is 170 g/mol. The Morgan fingerprint density at radius 1 is 1.00 bits per heavy atom. The van der Waals surface area contributed by atoms with Crippen LogP contribution in [0.25, 0.3) is 0 Å². The monoisotopic (exact) mass is 199 g/mol. The van der Waals surface area contributed by atoms with Gasteiger partial charge < -0.3 is 5.32 Å². The average Bonchev–Trinajstić information content (AvgIpc) is 2.03. The Morgan fingerprint density at radius 3 is 1.71 bits per heavy atom. The molecule has 0 fully saturated rings. The van der Waals surface area contributed by atoms with Crippen LogP contribution in [0.15, 0.2) is 0 Å². The van der Waals surface area contributed by atoms with Crippen LogP contribution < -0.4 is 5.32 Å². The highest BCUT2D eigenvalue weighted by Crippen LogP contribution is 2.38. The maximum Gasteiger partial charge on any atom is 0.0173 e. The molecule has 0 rings (SSSR count). The van der Waals surface area contributed by atoms with Gasteiger partial charge in [-0.2, -0.15) is 0 Å². The molecule has 1 nitrogen and oxygen atoms in total. The highest BCUT2D eigenvalue weighted by atomic mass is 14.9. The Bertz CT molecular complexity index is 168. The van der Waals surface area contributed by atoms with Crippen molar-refractivity contribution in [2.75, 3.05) is 7.05 Å². The summed E-state index contributed by atoms with van der Waals surface area (Å²) in [7, 11) is 2.06. The van der Waals surface area contributed by atoms with E-state index in [1.54, 1.807) is 0 Å². The molecule has 0 aliphatic rings. The second-order valence-electron chi connectivity index (χ2n) is 6.18. The summed E-state index contributed by atoms with van der Waals surface area (Å²) in [4.78, 5) is 0. The van der Waals surface area contributed by atoms with Crippen LogP contribution in [0, 0.1) is 17.3 Å². The van der Waals surface area contributed by atoms with E-state index in [0.29, 0.717) is 5.41 Å². The van der Waals surface area contributed by atoms with E-state index in [1.807, 2.05) is 0 Å². The van der Waals surface area contributed by atoms with Gasteiger partial charge in [0.2, 0.25) is 0 Å². The van der Waals surface area contributed by atoms with E-state index in [2.05, 4.69) is 60.8 Å². The highest BCUT2D eigenvalue weighted by molar-refractivity contribution is 4.93. The van der Waals surface area contributed by atoms with E-state index in [9.17, 15) is 0 Å². The molecule has 0 aromatic carbocycles. The molecule has 0 aromatic rings. The smallest absolute Gasteiger partial charge is 0.0173 e. The fourth-order valence-corrected chi connectivity index (χ4v) is 1.63. The van der Waals surface area contributed by atoms with Gasteiger partial charge in [0.25, 0.3) is 0 Å². The van der Waals surface area contributed by atoms with Gasteiger partial charge in [0.05, 0.1) is 0 Å². The molecule has 0 radical (unpaired) electrons. The van der Waals surface area contributed by atoms with Crippen LogP contribution in [-0.4, -0.2) is 12.6 Å². The van der Waals surface area contributed by atoms with Crippen molar-refractivity contribution < 1.29 is 0 Å². The van der Waals surface area contributed by atoms with Gasteiger partial charge in [0.1, 0.15) is 0 Å². The van der Waals surface area contributed by atoms with Gasteiger partial charge >= 0.3 is 0 Å². The van der Waals surface area contributed by atoms with Crippen molar-refractivity contribution in [3.8, 4) is 0 Å². The van der Waals surface area contributed by atoms with Crippen LogP contribution in [0.2, 0.25) is 0 Å². The minimum atomic E-state index is 0.205. The summed E-state index contributed by atoms with van der Waals surface area (Å²) in [6.45, 7) is 16.3. The normalized spacial score (nSPS) is 16.1. The van der Waals surface area contributed by atoms with Crippen LogP contribution >= 0.6 is 0 Å². The summed E-state index contributed by atoms with van der Waals surface area (Å²) < 4.78 is 0. The van der Waals surface area contributed by atoms with Gasteiger partial charge in [-0.15, -0.1) is 0 Å². The first kappa shape index (κ1) is 14.0. The SMILES string of the molecule is CNC(C)(C)C(C)(C)CC(C)C(C)C. The molecule has 1 N–H and O–H groups in total. The molecule has 0 spiro atoms. The quantitative estimate of drug-likeness (QED) is 0.712. The third-order valence-electron chi connectivity index (χ3n) is 4.29. The van der Waals surface area contributed by atoms with Crippen molar-refractivity contribution in [2.45, 2.75) is 60.4 Å². The van der Waals surface area contributed by atoms with Crippen LogP contribution in [0.5, 0.6) is 0 Å². The topological polar surface area (TPSA) is 12.0 Å². The predicted molar refractivity (Wildman–Crippen MR) is 65.5 cm³/mol. The Morgan fingerprint density at radius 2 is 1.43 bits per heavy atom. The summed E-state index contributed by atoms with van der Waals surface area (Å²) in [5, 5.41) is 3.43. The second kappa shape index (κ2) is 4.65. The minimum absolute atomic E-state index is 0.205. The highest BCUT2D eigenvalue weighted by Gasteiger charge is 2.36. The second-order valence-corrected chi connectivity index (χ2v) is 6.18. The first-order valence-corrected chi connectivity index (χ1v) is 5.83. The van der Waals surface area contributed by atoms with Gasteiger partial charge in [0.15, 0.2) is 0 Å². The van der Waals surface area contributed by atoms with E-state index in [-0.39, 0.29) is 5.54 Å². The summed E-state index contributed by atoms with van der Waals surface area (Å²) in [5.41, 5.74) is 0.543. The molecule has 0 heterocycles. The largest absolute Gasteiger partial charge is 0.314 e. The molecule has 1 heteroatoms. The van der Waals surface area contributed by atoms with Crippen LogP contribution in [0.3, 0.4) is 0 Å². The summed E-state index contributed by atoms with van der Waals surface area (Å²) in [6, 6.07) is 0. The van der Waals surface area contributed by atoms with Gasteiger partial charge in [-0.05, 0) is 44.6 Å². The molecule has 14 heavy (non-hydrogen) atoms. The fraction of sp³-hybridized carbons (Fsp3) is 1.00. The molecule has 0 saturated heterocycles. The first-order valence-electron chi connectivity index (χ1n) is 5.83. The third-order valence-corrected chi connectivity index (χ3v) is 4.29. The molecule has 0 saturated carbocycles. The van der Waals surface area contributed by atoms with E-state index in [0.717, 1.165) is 11.8 Å². The molecule has 1 atom stereocenters. The maximum atomic E-state index is 3.43. The molecule has 0 aliphatic heterocycles. The Labute approximate surface area is 90.7 Å². The van der Waals surface area contributed by atoms with Gasteiger partial charge in [-0.25, -0.2) is 0 Å². The molecule has 1 unspecified atom stereocenters. The van der Waals surface area contributed by atoms with Crippen LogP contribution in [-0.2, 0) is 0 Å². The van der Waals surface area contributed by atoms with Crippen LogP contribution in [0.1, 0.15) is 54.9 Å². The summed E-state index contributed by atoms with van der Waals surface area (Å²) in [5.74, 6) is 1.57. The molecule has 0 aliphatic carbocycles. The maximum absolute atomic E-state index is 3.43. The zero-order valence-corrected chi connectivity index (χ0v) is 11.4. The fourth-order valence-electron chi connectivity index (χ4n) is 1.63. The van der Waals surface area contributed by atoms with Crippen molar-refractivity contribution in [1.82, 2.24) is 5.32 Å². The number of rotatable bonds is 5. The number of hydrogen-bond donors (Lipinski definition) is 1. The van der Waals surface area contributed by atoms with Gasteiger partial charge in [-0.1, -0.05) is 34.6 Å². The Hall–Kier alpha value is -0.0400. The van der Waals surface area contributed by atoms with E-state index in [4.69, 9.17) is 0 Å². The van der Waals surface area contributed by atoms with Crippen molar-refractivity contribution in [2.24, 2.45) is 17.3 Å². The first-order chi connectivity index (χ1) is 6.14. The third kappa shape index (κ3) is 3.27. The van der Waals surface area contributed by atoms with Crippen molar-refractivity contribution in [1.29, 1.82) is 0 Å². The van der Waals surface area contributed by atoms with E-state index >= 15 is 0 Å².